The first kappa shape index (κ1) is 16.9. The van der Waals surface area contributed by atoms with Crippen molar-refractivity contribution in [2.45, 2.75) is 0 Å². The molecule has 4 rings (SSSR count). The van der Waals surface area contributed by atoms with Gasteiger partial charge in [-0.25, -0.2) is 4.99 Å². The van der Waals surface area contributed by atoms with E-state index in [1.807, 2.05) is 36.4 Å². The van der Waals surface area contributed by atoms with E-state index in [2.05, 4.69) is 10.5 Å². The molecule has 3 aromatic carbocycles. The third-order valence-corrected chi connectivity index (χ3v) is 4.35. The first-order valence-corrected chi connectivity index (χ1v) is 8.52. The highest BCUT2D eigenvalue weighted by Gasteiger charge is 2.18. The minimum Gasteiger partial charge on any atom is -0.260 e. The highest BCUT2D eigenvalue weighted by molar-refractivity contribution is 6.31. The molecule has 0 fully saturated rings. The predicted molar refractivity (Wildman–Crippen MR) is 106 cm³/mol. The molecule has 6 nitrogen and oxygen atoms in total. The van der Waals surface area contributed by atoms with Crippen molar-refractivity contribution in [3.05, 3.63) is 105 Å². The number of aliphatic imine (C=N–C) groups is 1. The van der Waals surface area contributed by atoms with Gasteiger partial charge < -0.3 is 0 Å². The van der Waals surface area contributed by atoms with Gasteiger partial charge in [-0.15, -0.1) is 0 Å². The third kappa shape index (κ3) is 3.43. The Morgan fingerprint density at radius 1 is 0.926 bits per heavy atom. The van der Waals surface area contributed by atoms with Crippen LogP contribution in [0, 0.1) is 10.1 Å². The summed E-state index contributed by atoms with van der Waals surface area (Å²) >= 11 is 6.19. The number of rotatable bonds is 3. The Morgan fingerprint density at radius 2 is 1.67 bits per heavy atom. The van der Waals surface area contributed by atoms with Crippen molar-refractivity contribution in [1.29, 1.82) is 0 Å². The Balaban J connectivity index is 1.83. The van der Waals surface area contributed by atoms with Crippen LogP contribution in [0.25, 0.3) is 0 Å². The summed E-state index contributed by atoms with van der Waals surface area (Å²) in [6.07, 6.45) is 0. The van der Waals surface area contributed by atoms with E-state index in [1.165, 1.54) is 12.1 Å². The molecule has 1 aliphatic heterocycles. The zero-order valence-corrected chi connectivity index (χ0v) is 14.7. The Hall–Kier alpha value is -3.51. The summed E-state index contributed by atoms with van der Waals surface area (Å²) in [5, 5.41) is 16.0. The quantitative estimate of drug-likeness (QED) is 0.532. The summed E-state index contributed by atoms with van der Waals surface area (Å²) in [6, 6.07) is 21.3. The number of hydrogen-bond acceptors (Lipinski definition) is 5. The van der Waals surface area contributed by atoms with Gasteiger partial charge in [0.15, 0.2) is 5.84 Å². The maximum Gasteiger partial charge on any atom is 0.269 e. The lowest BCUT2D eigenvalue weighted by atomic mass is 10.0. The van der Waals surface area contributed by atoms with Crippen LogP contribution in [-0.4, -0.2) is 16.5 Å². The molecule has 0 saturated carbocycles. The van der Waals surface area contributed by atoms with Crippen LogP contribution < -0.4 is 5.43 Å². The van der Waals surface area contributed by atoms with Gasteiger partial charge in [-0.05, 0) is 30.3 Å². The lowest BCUT2D eigenvalue weighted by Gasteiger charge is -2.08. The molecule has 0 aromatic heterocycles. The highest BCUT2D eigenvalue weighted by atomic mass is 35.5. The van der Waals surface area contributed by atoms with Gasteiger partial charge >= 0.3 is 0 Å². The average molecular weight is 377 g/mol. The molecule has 0 atom stereocenters. The Morgan fingerprint density at radius 3 is 2.37 bits per heavy atom. The van der Waals surface area contributed by atoms with E-state index in [0.29, 0.717) is 22.3 Å². The van der Waals surface area contributed by atoms with Crippen LogP contribution in [0.4, 0.5) is 11.4 Å². The third-order valence-electron chi connectivity index (χ3n) is 4.12. The number of nitro groups is 1. The van der Waals surface area contributed by atoms with E-state index in [4.69, 9.17) is 16.6 Å². The lowest BCUT2D eigenvalue weighted by molar-refractivity contribution is -0.384. The summed E-state index contributed by atoms with van der Waals surface area (Å²) in [5.74, 6) is 0.607. The van der Waals surface area contributed by atoms with Gasteiger partial charge in [0.25, 0.3) is 5.69 Å². The van der Waals surface area contributed by atoms with Crippen LogP contribution in [0.5, 0.6) is 0 Å². The Kier molecular flexibility index (Phi) is 4.40. The Labute approximate surface area is 160 Å². The first-order chi connectivity index (χ1) is 13.1. The smallest absolute Gasteiger partial charge is 0.260 e. The minimum absolute atomic E-state index is 0.0217. The van der Waals surface area contributed by atoms with Crippen LogP contribution in [0.1, 0.15) is 16.7 Å². The fraction of sp³-hybridized carbons (Fsp3) is 0. The number of non-ortho nitro benzene ring substituents is 1. The summed E-state index contributed by atoms with van der Waals surface area (Å²) in [7, 11) is 0. The monoisotopic (exact) mass is 376 g/mol. The molecule has 0 aliphatic carbocycles. The molecule has 1 aliphatic rings. The molecule has 1 N–H and O–H groups in total. The molecule has 1 heterocycles. The van der Waals surface area contributed by atoms with Gasteiger partial charge in [-0.2, -0.15) is 5.10 Å². The van der Waals surface area contributed by atoms with Crippen LogP contribution in [0.15, 0.2) is 82.9 Å². The van der Waals surface area contributed by atoms with Crippen LogP contribution in [0.3, 0.4) is 0 Å². The number of hydrogen-bond donors (Lipinski definition) is 1. The summed E-state index contributed by atoms with van der Waals surface area (Å²) in [4.78, 5) is 15.2. The van der Waals surface area contributed by atoms with Crippen LogP contribution in [0.2, 0.25) is 5.02 Å². The van der Waals surface area contributed by atoms with E-state index in [-0.39, 0.29) is 5.69 Å². The normalized spacial score (nSPS) is 12.9. The maximum atomic E-state index is 10.9. The molecule has 0 bridgehead atoms. The second-order valence-corrected chi connectivity index (χ2v) is 6.30. The van der Waals surface area contributed by atoms with Crippen molar-refractivity contribution in [2.75, 3.05) is 0 Å². The van der Waals surface area contributed by atoms with Gasteiger partial charge in [-0.3, -0.25) is 15.5 Å². The molecular formula is C20H13ClN4O2. The summed E-state index contributed by atoms with van der Waals surface area (Å²) in [5.41, 5.74) is 6.71. The topological polar surface area (TPSA) is 79.9 Å². The molecular weight excluding hydrogens is 364 g/mol. The fourth-order valence-corrected chi connectivity index (χ4v) is 2.97. The van der Waals surface area contributed by atoms with Crippen LogP contribution in [-0.2, 0) is 0 Å². The standard InChI is InChI=1S/C20H13ClN4O2/c21-15-8-11-18-17(12-15)19(13-6-9-16(10-7-13)25(26)27)23-24-20(22-18)14-4-2-1-3-5-14/h1-12H,(H,22,24). The van der Waals surface area contributed by atoms with Crippen molar-refractivity contribution in [1.82, 2.24) is 5.43 Å². The van der Waals surface area contributed by atoms with E-state index >= 15 is 0 Å². The van der Waals surface area contributed by atoms with Crippen molar-refractivity contribution in [2.24, 2.45) is 10.1 Å². The summed E-state index contributed by atoms with van der Waals surface area (Å²) < 4.78 is 0. The Bertz CT molecular complexity index is 1080. The van der Waals surface area contributed by atoms with Crippen molar-refractivity contribution in [3.8, 4) is 0 Å². The number of benzene rings is 3. The number of halogens is 1. The number of hydrazone groups is 1. The number of nitrogens with zero attached hydrogens (tertiary/aromatic N) is 3. The number of amidine groups is 1. The molecule has 27 heavy (non-hydrogen) atoms. The van der Waals surface area contributed by atoms with E-state index in [0.717, 1.165) is 16.7 Å². The molecule has 3 aromatic rings. The van der Waals surface area contributed by atoms with Gasteiger partial charge in [0.2, 0.25) is 0 Å². The second-order valence-electron chi connectivity index (χ2n) is 5.86. The summed E-state index contributed by atoms with van der Waals surface area (Å²) in [6.45, 7) is 0. The van der Waals surface area contributed by atoms with E-state index in [1.54, 1.807) is 24.3 Å². The van der Waals surface area contributed by atoms with Gasteiger partial charge in [0.05, 0.1) is 10.6 Å². The van der Waals surface area contributed by atoms with Crippen molar-refractivity contribution < 1.29 is 4.92 Å². The first-order valence-electron chi connectivity index (χ1n) is 8.14. The molecule has 0 amide bonds. The molecule has 0 saturated heterocycles. The lowest BCUT2D eigenvalue weighted by Crippen LogP contribution is -2.19. The SMILES string of the molecule is O=[N+]([O-])c1ccc(C2=NNC(c3ccccc3)=Nc3ccc(Cl)cc32)cc1. The molecule has 0 spiro atoms. The molecule has 0 unspecified atom stereocenters. The maximum absolute atomic E-state index is 10.9. The van der Waals surface area contributed by atoms with Crippen molar-refractivity contribution in [3.63, 3.8) is 0 Å². The number of nitro benzene ring substituents is 1. The second kappa shape index (κ2) is 7.01. The van der Waals surface area contributed by atoms with Gasteiger partial charge in [-0.1, -0.05) is 41.9 Å². The molecule has 132 valence electrons. The number of fused-ring (bicyclic) bond motifs is 1. The fourth-order valence-electron chi connectivity index (χ4n) is 2.80. The zero-order valence-electron chi connectivity index (χ0n) is 14.0. The zero-order chi connectivity index (χ0) is 18.8. The van der Waals surface area contributed by atoms with E-state index < -0.39 is 4.92 Å². The van der Waals surface area contributed by atoms with Gasteiger partial charge in [0.1, 0.15) is 5.71 Å². The minimum atomic E-state index is -0.432. The predicted octanol–water partition coefficient (Wildman–Crippen LogP) is 4.68. The van der Waals surface area contributed by atoms with E-state index in [9.17, 15) is 10.1 Å². The van der Waals surface area contributed by atoms with Crippen molar-refractivity contribution >= 4 is 34.5 Å². The largest absolute Gasteiger partial charge is 0.269 e. The molecule has 0 radical (unpaired) electrons. The average Bonchev–Trinajstić information content (AvgIpc) is 2.88. The number of nitrogens with one attached hydrogen (secondary N) is 1. The highest BCUT2D eigenvalue weighted by Crippen LogP contribution is 2.29. The van der Waals surface area contributed by atoms with Gasteiger partial charge in [0, 0.05) is 33.8 Å². The molecule has 7 heteroatoms. The van der Waals surface area contributed by atoms with Crippen LogP contribution >= 0.6 is 11.6 Å².